The lowest BCUT2D eigenvalue weighted by atomic mass is 9.89. The summed E-state index contributed by atoms with van der Waals surface area (Å²) in [7, 11) is -1.95. The van der Waals surface area contributed by atoms with Gasteiger partial charge < -0.3 is 0 Å². The SMILES string of the molecule is CON(C)C(=O)c1ncc(Cl)cc1NS(=O)(=O)C1=CC(C(F)(F)F)C(C)C=C1. The molecule has 7 nitrogen and oxygen atoms in total. The summed E-state index contributed by atoms with van der Waals surface area (Å²) in [6.07, 6.45) is -0.612. The number of carbonyl (C=O) groups is 1. The third-order valence-electron chi connectivity index (χ3n) is 4.02. The minimum absolute atomic E-state index is 0.0178. The Morgan fingerprint density at radius 1 is 1.39 bits per heavy atom. The lowest BCUT2D eigenvalue weighted by Crippen LogP contribution is -2.30. The molecule has 1 aromatic rings. The Morgan fingerprint density at radius 3 is 2.61 bits per heavy atom. The van der Waals surface area contributed by atoms with Gasteiger partial charge in [-0.1, -0.05) is 30.7 Å². The number of nitrogens with zero attached hydrogens (tertiary/aromatic N) is 2. The number of rotatable bonds is 5. The van der Waals surface area contributed by atoms with Crippen molar-refractivity contribution >= 4 is 33.2 Å². The fourth-order valence-electron chi connectivity index (χ4n) is 2.45. The smallest absolute Gasteiger partial charge is 0.277 e. The molecule has 2 atom stereocenters. The molecular weight excluding hydrogens is 423 g/mol. The predicted molar refractivity (Wildman–Crippen MR) is 96.8 cm³/mol. The van der Waals surface area contributed by atoms with Crippen LogP contribution in [-0.4, -0.2) is 44.7 Å². The standard InChI is InChI=1S/C16H17ClF3N3O4S/c1-9-4-5-11(7-12(9)16(18,19)20)28(25,26)22-13-6-10(17)8-21-14(13)15(24)23(2)27-3/h4-9,12,22H,1-3H3. The van der Waals surface area contributed by atoms with Crippen LogP contribution in [0.5, 0.6) is 0 Å². The summed E-state index contributed by atoms with van der Waals surface area (Å²) in [5.41, 5.74) is -0.628. The van der Waals surface area contributed by atoms with E-state index < -0.39 is 38.8 Å². The fourth-order valence-corrected chi connectivity index (χ4v) is 3.75. The molecule has 1 aromatic heterocycles. The highest BCUT2D eigenvalue weighted by Gasteiger charge is 2.43. The third kappa shape index (κ3) is 4.83. The zero-order chi connectivity index (χ0) is 21.3. The van der Waals surface area contributed by atoms with E-state index in [0.29, 0.717) is 6.08 Å². The highest BCUT2D eigenvalue weighted by Crippen LogP contribution is 2.38. The molecular formula is C16H17ClF3N3O4S. The van der Waals surface area contributed by atoms with Crippen LogP contribution in [0.15, 0.2) is 35.4 Å². The van der Waals surface area contributed by atoms with Crippen molar-refractivity contribution in [2.45, 2.75) is 13.1 Å². The highest BCUT2D eigenvalue weighted by molar-refractivity contribution is 7.96. The molecule has 2 rings (SSSR count). The van der Waals surface area contributed by atoms with Gasteiger partial charge in [0.15, 0.2) is 5.69 Å². The number of allylic oxidation sites excluding steroid dienone is 3. The maximum Gasteiger partial charge on any atom is 0.395 e. The lowest BCUT2D eigenvalue weighted by molar-refractivity contribution is -0.169. The van der Waals surface area contributed by atoms with E-state index in [1.165, 1.54) is 21.1 Å². The topological polar surface area (TPSA) is 88.6 Å². The van der Waals surface area contributed by atoms with Crippen molar-refractivity contribution in [2.75, 3.05) is 18.9 Å². The van der Waals surface area contributed by atoms with Crippen molar-refractivity contribution in [2.24, 2.45) is 11.8 Å². The molecule has 0 aliphatic heterocycles. The number of hydroxylamine groups is 2. The van der Waals surface area contributed by atoms with Gasteiger partial charge in [0.25, 0.3) is 15.9 Å². The van der Waals surface area contributed by atoms with Crippen molar-refractivity contribution in [1.82, 2.24) is 10.0 Å². The number of anilines is 1. The number of amides is 1. The van der Waals surface area contributed by atoms with Crippen LogP contribution < -0.4 is 4.72 Å². The summed E-state index contributed by atoms with van der Waals surface area (Å²) >= 11 is 5.82. The van der Waals surface area contributed by atoms with Gasteiger partial charge in [-0.2, -0.15) is 13.2 Å². The molecule has 0 aromatic carbocycles. The molecule has 0 bridgehead atoms. The Balaban J connectivity index is 2.44. The van der Waals surface area contributed by atoms with Crippen LogP contribution in [0.2, 0.25) is 5.02 Å². The Kier molecular flexibility index (Phi) is 6.41. The maximum absolute atomic E-state index is 13.1. The summed E-state index contributed by atoms with van der Waals surface area (Å²) in [4.78, 5) is 20.2. The molecule has 0 radical (unpaired) electrons. The van der Waals surface area contributed by atoms with Gasteiger partial charge >= 0.3 is 6.18 Å². The average Bonchev–Trinajstić information content (AvgIpc) is 2.59. The summed E-state index contributed by atoms with van der Waals surface area (Å²) in [6.45, 7) is 1.33. The number of alkyl halides is 3. The Bertz CT molecular complexity index is 932. The Hall–Kier alpha value is -2.11. The predicted octanol–water partition coefficient (Wildman–Crippen LogP) is 3.38. The lowest BCUT2D eigenvalue weighted by Gasteiger charge is -2.25. The first kappa shape index (κ1) is 22.2. The van der Waals surface area contributed by atoms with Crippen LogP contribution in [0.3, 0.4) is 0 Å². The second-order valence-electron chi connectivity index (χ2n) is 6.00. The zero-order valence-electron chi connectivity index (χ0n) is 15.0. The summed E-state index contributed by atoms with van der Waals surface area (Å²) < 4.78 is 66.8. The van der Waals surface area contributed by atoms with E-state index in [1.54, 1.807) is 0 Å². The fraction of sp³-hybridized carbons (Fsp3) is 0.375. The molecule has 1 heterocycles. The van der Waals surface area contributed by atoms with E-state index in [-0.39, 0.29) is 16.4 Å². The number of pyridine rings is 1. The van der Waals surface area contributed by atoms with Crippen LogP contribution >= 0.6 is 11.6 Å². The number of aromatic nitrogens is 1. The van der Waals surface area contributed by atoms with Crippen LogP contribution in [-0.2, 0) is 14.9 Å². The maximum atomic E-state index is 13.1. The van der Waals surface area contributed by atoms with Crippen molar-refractivity contribution in [3.63, 3.8) is 0 Å². The molecule has 1 N–H and O–H groups in total. The van der Waals surface area contributed by atoms with E-state index in [0.717, 1.165) is 29.5 Å². The first-order valence-corrected chi connectivity index (χ1v) is 9.70. The van der Waals surface area contributed by atoms with Gasteiger partial charge in [0.05, 0.1) is 28.6 Å². The normalized spacial score (nSPS) is 19.9. The number of nitrogens with one attached hydrogen (secondary N) is 1. The molecule has 0 saturated heterocycles. The van der Waals surface area contributed by atoms with E-state index in [2.05, 4.69) is 9.71 Å². The van der Waals surface area contributed by atoms with Gasteiger partial charge in [0, 0.05) is 13.2 Å². The Morgan fingerprint density at radius 2 is 2.04 bits per heavy atom. The summed E-state index contributed by atoms with van der Waals surface area (Å²) in [5.74, 6) is -3.66. The number of hydrogen-bond acceptors (Lipinski definition) is 5. The van der Waals surface area contributed by atoms with Crippen LogP contribution in [0.4, 0.5) is 18.9 Å². The van der Waals surface area contributed by atoms with Gasteiger partial charge in [-0.15, -0.1) is 0 Å². The molecule has 1 amide bonds. The molecule has 0 saturated carbocycles. The molecule has 154 valence electrons. The van der Waals surface area contributed by atoms with Gasteiger partial charge in [0.1, 0.15) is 0 Å². The van der Waals surface area contributed by atoms with Crippen LogP contribution in [0, 0.1) is 11.8 Å². The van der Waals surface area contributed by atoms with E-state index in [4.69, 9.17) is 16.4 Å². The second kappa shape index (κ2) is 8.10. The third-order valence-corrected chi connectivity index (χ3v) is 5.61. The van der Waals surface area contributed by atoms with Gasteiger partial charge in [0.2, 0.25) is 0 Å². The van der Waals surface area contributed by atoms with Gasteiger partial charge in [-0.3, -0.25) is 14.4 Å². The highest BCUT2D eigenvalue weighted by atomic mass is 35.5. The number of hydrogen-bond donors (Lipinski definition) is 1. The first-order valence-electron chi connectivity index (χ1n) is 7.84. The minimum Gasteiger partial charge on any atom is -0.277 e. The van der Waals surface area contributed by atoms with Crippen molar-refractivity contribution in [3.8, 4) is 0 Å². The number of sulfonamides is 1. The summed E-state index contributed by atoms with van der Waals surface area (Å²) in [6, 6.07) is 1.12. The monoisotopic (exact) mass is 439 g/mol. The van der Waals surface area contributed by atoms with Crippen molar-refractivity contribution in [1.29, 1.82) is 0 Å². The second-order valence-corrected chi connectivity index (χ2v) is 8.11. The molecule has 0 fully saturated rings. The van der Waals surface area contributed by atoms with Gasteiger partial charge in [-0.25, -0.2) is 18.5 Å². The van der Waals surface area contributed by atoms with Gasteiger partial charge in [-0.05, 0) is 18.1 Å². The quantitative estimate of drug-likeness (QED) is 0.710. The minimum atomic E-state index is -4.61. The van der Waals surface area contributed by atoms with E-state index in [1.807, 2.05) is 0 Å². The molecule has 1 aliphatic rings. The zero-order valence-corrected chi connectivity index (χ0v) is 16.6. The van der Waals surface area contributed by atoms with Crippen LogP contribution in [0.25, 0.3) is 0 Å². The summed E-state index contributed by atoms with van der Waals surface area (Å²) in [5, 5.41) is 0.819. The number of carbonyl (C=O) groups excluding carboxylic acids is 1. The first-order chi connectivity index (χ1) is 12.9. The molecule has 12 heteroatoms. The molecule has 1 aliphatic carbocycles. The molecule has 28 heavy (non-hydrogen) atoms. The molecule has 2 unspecified atom stereocenters. The van der Waals surface area contributed by atoms with E-state index >= 15 is 0 Å². The Labute approximate surface area is 164 Å². The largest absolute Gasteiger partial charge is 0.395 e. The molecule has 0 spiro atoms. The average molecular weight is 440 g/mol. The van der Waals surface area contributed by atoms with Crippen LogP contribution in [0.1, 0.15) is 17.4 Å². The van der Waals surface area contributed by atoms with E-state index in [9.17, 15) is 26.4 Å². The van der Waals surface area contributed by atoms with Crippen molar-refractivity contribution < 1.29 is 31.2 Å². The number of halogens is 4. The van der Waals surface area contributed by atoms with Crippen molar-refractivity contribution in [3.05, 3.63) is 46.1 Å².